The van der Waals surface area contributed by atoms with Crippen molar-refractivity contribution in [1.29, 1.82) is 0 Å². The van der Waals surface area contributed by atoms with E-state index in [1.54, 1.807) is 0 Å². The van der Waals surface area contributed by atoms with Crippen molar-refractivity contribution in [3.05, 3.63) is 15.6 Å². The highest BCUT2D eigenvalue weighted by Gasteiger charge is 2.29. The molecule has 0 aliphatic heterocycles. The van der Waals surface area contributed by atoms with Crippen molar-refractivity contribution in [1.82, 2.24) is 10.3 Å². The van der Waals surface area contributed by atoms with Crippen molar-refractivity contribution in [3.63, 3.8) is 0 Å². The molecule has 3 nitrogen and oxygen atoms in total. The molecular weight excluding hydrogens is 256 g/mol. The lowest BCUT2D eigenvalue weighted by Gasteiger charge is -2.33. The van der Waals surface area contributed by atoms with Crippen LogP contribution in [0.5, 0.6) is 0 Å². The van der Waals surface area contributed by atoms with Gasteiger partial charge in [-0.3, -0.25) is 0 Å². The summed E-state index contributed by atoms with van der Waals surface area (Å²) in [6, 6.07) is 0.265. The Morgan fingerprint density at radius 1 is 1.26 bits per heavy atom. The molecule has 1 atom stereocenters. The fourth-order valence-electron chi connectivity index (χ4n) is 3.21. The van der Waals surface area contributed by atoms with E-state index in [0.717, 1.165) is 32.1 Å². The zero-order valence-electron chi connectivity index (χ0n) is 11.7. The smallest absolute Gasteiger partial charge is 0.110 e. The van der Waals surface area contributed by atoms with Crippen molar-refractivity contribution in [2.75, 3.05) is 6.54 Å². The fraction of sp³-hybridized carbons (Fsp3) is 0.800. The van der Waals surface area contributed by atoms with E-state index in [1.807, 2.05) is 11.3 Å². The van der Waals surface area contributed by atoms with Crippen molar-refractivity contribution in [2.24, 2.45) is 0 Å². The van der Waals surface area contributed by atoms with Crippen molar-refractivity contribution in [2.45, 2.75) is 69.9 Å². The van der Waals surface area contributed by atoms with Gasteiger partial charge in [0.05, 0.1) is 17.3 Å². The van der Waals surface area contributed by atoms with E-state index >= 15 is 0 Å². The van der Waals surface area contributed by atoms with Gasteiger partial charge in [0.15, 0.2) is 0 Å². The number of nitrogens with one attached hydrogen (secondary N) is 1. The lowest BCUT2D eigenvalue weighted by molar-refractivity contribution is 0.00300. The Morgan fingerprint density at radius 2 is 2.05 bits per heavy atom. The van der Waals surface area contributed by atoms with E-state index < -0.39 is 5.60 Å². The van der Waals surface area contributed by atoms with Crippen molar-refractivity contribution in [3.8, 4) is 0 Å². The monoisotopic (exact) mass is 280 g/mol. The molecule has 2 aliphatic rings. The average Bonchev–Trinajstić information content (AvgIpc) is 2.97. The molecule has 2 aliphatic carbocycles. The van der Waals surface area contributed by atoms with Gasteiger partial charge in [0.2, 0.25) is 0 Å². The Balaban J connectivity index is 1.57. The zero-order chi connectivity index (χ0) is 13.3. The van der Waals surface area contributed by atoms with Crippen LogP contribution in [0.3, 0.4) is 0 Å². The van der Waals surface area contributed by atoms with Crippen LogP contribution in [0, 0.1) is 0 Å². The van der Waals surface area contributed by atoms with Crippen LogP contribution < -0.4 is 5.32 Å². The predicted molar refractivity (Wildman–Crippen MR) is 78.6 cm³/mol. The summed E-state index contributed by atoms with van der Waals surface area (Å²) in [6.07, 6.45) is 9.14. The Kier molecular flexibility index (Phi) is 3.92. The Bertz CT molecular complexity index is 416. The van der Waals surface area contributed by atoms with Gasteiger partial charge in [-0.25, -0.2) is 4.98 Å². The molecule has 1 aromatic rings. The molecule has 19 heavy (non-hydrogen) atoms. The molecule has 0 amide bonds. The summed E-state index contributed by atoms with van der Waals surface area (Å²) < 4.78 is 0. The van der Waals surface area contributed by atoms with Crippen LogP contribution >= 0.6 is 11.3 Å². The first-order valence-corrected chi connectivity index (χ1v) is 8.42. The van der Waals surface area contributed by atoms with Crippen molar-refractivity contribution < 1.29 is 5.11 Å². The number of rotatable bonds is 4. The highest BCUT2D eigenvalue weighted by molar-refractivity contribution is 7.11. The standard InChI is InChI=1S/C15H24N2OS/c1-11(14-17-12-6-5-7-13(12)19-14)16-10-15(18)8-3-2-4-9-15/h11,16,18H,2-10H2,1H3. The Labute approximate surface area is 119 Å². The summed E-state index contributed by atoms with van der Waals surface area (Å²) in [5.41, 5.74) is 0.844. The second-order valence-corrected chi connectivity index (χ2v) is 7.28. The first kappa shape index (κ1) is 13.5. The van der Waals surface area contributed by atoms with Crippen LogP contribution in [0.2, 0.25) is 0 Å². The molecule has 106 valence electrons. The van der Waals surface area contributed by atoms with Crippen LogP contribution in [0.15, 0.2) is 0 Å². The van der Waals surface area contributed by atoms with Gasteiger partial charge >= 0.3 is 0 Å². The van der Waals surface area contributed by atoms with Crippen LogP contribution in [0.25, 0.3) is 0 Å². The van der Waals surface area contributed by atoms with Gasteiger partial charge in [0.1, 0.15) is 5.01 Å². The number of aryl methyl sites for hydroxylation is 2. The van der Waals surface area contributed by atoms with E-state index in [4.69, 9.17) is 4.98 Å². The highest BCUT2D eigenvalue weighted by atomic mass is 32.1. The molecule has 3 rings (SSSR count). The summed E-state index contributed by atoms with van der Waals surface area (Å²) in [5, 5.41) is 15.2. The quantitative estimate of drug-likeness (QED) is 0.891. The lowest BCUT2D eigenvalue weighted by atomic mass is 9.85. The number of hydrogen-bond acceptors (Lipinski definition) is 4. The van der Waals surface area contributed by atoms with Crippen LogP contribution in [0.4, 0.5) is 0 Å². The minimum Gasteiger partial charge on any atom is -0.389 e. The molecule has 4 heteroatoms. The molecule has 0 bridgehead atoms. The molecule has 0 spiro atoms. The molecule has 1 aromatic heterocycles. The summed E-state index contributed by atoms with van der Waals surface area (Å²) in [4.78, 5) is 6.24. The molecule has 1 unspecified atom stereocenters. The molecular formula is C15H24N2OS. The summed E-state index contributed by atoms with van der Waals surface area (Å²) in [6.45, 7) is 2.87. The van der Waals surface area contributed by atoms with Crippen LogP contribution in [0.1, 0.15) is 67.1 Å². The predicted octanol–water partition coefficient (Wildman–Crippen LogP) is 2.98. The van der Waals surface area contributed by atoms with Crippen molar-refractivity contribution >= 4 is 11.3 Å². The van der Waals surface area contributed by atoms with Crippen LogP contribution in [-0.2, 0) is 12.8 Å². The molecule has 0 radical (unpaired) electrons. The van der Waals surface area contributed by atoms with Crippen LogP contribution in [-0.4, -0.2) is 22.2 Å². The summed E-state index contributed by atoms with van der Waals surface area (Å²) >= 11 is 1.86. The van der Waals surface area contributed by atoms with Gasteiger partial charge in [-0.15, -0.1) is 11.3 Å². The van der Waals surface area contributed by atoms with E-state index in [0.29, 0.717) is 6.54 Å². The first-order chi connectivity index (χ1) is 9.16. The highest BCUT2D eigenvalue weighted by Crippen LogP contribution is 2.31. The average molecular weight is 280 g/mol. The number of hydrogen-bond donors (Lipinski definition) is 2. The third-order valence-electron chi connectivity index (χ3n) is 4.50. The van der Waals surface area contributed by atoms with Gasteiger partial charge in [-0.05, 0) is 39.0 Å². The van der Waals surface area contributed by atoms with Gasteiger partial charge in [0, 0.05) is 11.4 Å². The zero-order valence-corrected chi connectivity index (χ0v) is 12.6. The fourth-order valence-corrected chi connectivity index (χ4v) is 4.39. The van der Waals surface area contributed by atoms with E-state index in [-0.39, 0.29) is 6.04 Å². The first-order valence-electron chi connectivity index (χ1n) is 7.61. The second-order valence-electron chi connectivity index (χ2n) is 6.16. The number of fused-ring (bicyclic) bond motifs is 1. The molecule has 0 aromatic carbocycles. The summed E-state index contributed by atoms with van der Waals surface area (Å²) in [7, 11) is 0. The maximum absolute atomic E-state index is 10.5. The van der Waals surface area contributed by atoms with Gasteiger partial charge in [0.25, 0.3) is 0 Å². The lowest BCUT2D eigenvalue weighted by Crippen LogP contribution is -2.42. The molecule has 2 N–H and O–H groups in total. The van der Waals surface area contributed by atoms with E-state index in [1.165, 1.54) is 34.8 Å². The SMILES string of the molecule is CC(NCC1(O)CCCCC1)c1nc2c(s1)CCC2. The Hall–Kier alpha value is -0.450. The maximum Gasteiger partial charge on any atom is 0.110 e. The minimum atomic E-state index is -0.480. The normalized spacial score (nSPS) is 23.3. The number of aliphatic hydroxyl groups is 1. The second kappa shape index (κ2) is 5.51. The number of nitrogens with zero attached hydrogens (tertiary/aromatic N) is 1. The van der Waals surface area contributed by atoms with Gasteiger partial charge < -0.3 is 10.4 Å². The van der Waals surface area contributed by atoms with E-state index in [9.17, 15) is 5.11 Å². The van der Waals surface area contributed by atoms with E-state index in [2.05, 4.69) is 12.2 Å². The topological polar surface area (TPSA) is 45.1 Å². The third kappa shape index (κ3) is 3.01. The minimum absolute atomic E-state index is 0.265. The molecule has 1 heterocycles. The maximum atomic E-state index is 10.5. The molecule has 1 fully saturated rings. The summed E-state index contributed by atoms with van der Waals surface area (Å²) in [5.74, 6) is 0. The molecule has 0 saturated heterocycles. The largest absolute Gasteiger partial charge is 0.389 e. The number of aromatic nitrogens is 1. The number of thiazole rings is 1. The van der Waals surface area contributed by atoms with Gasteiger partial charge in [-0.1, -0.05) is 19.3 Å². The third-order valence-corrected chi connectivity index (χ3v) is 5.84. The van der Waals surface area contributed by atoms with Gasteiger partial charge in [-0.2, -0.15) is 0 Å². The molecule has 1 saturated carbocycles. The Morgan fingerprint density at radius 3 is 2.79 bits per heavy atom.